The van der Waals surface area contributed by atoms with Crippen molar-refractivity contribution in [2.75, 3.05) is 26.7 Å². The number of para-hydroxylation sites is 1. The van der Waals surface area contributed by atoms with Crippen LogP contribution in [0.15, 0.2) is 60.8 Å². The molecule has 2 aromatic carbocycles. The van der Waals surface area contributed by atoms with E-state index in [0.717, 1.165) is 28.1 Å². The Hall–Kier alpha value is -3.61. The van der Waals surface area contributed by atoms with Gasteiger partial charge in [0.25, 0.3) is 0 Å². The van der Waals surface area contributed by atoms with Crippen LogP contribution in [0.1, 0.15) is 17.7 Å². The Morgan fingerprint density at radius 3 is 2.64 bits per heavy atom. The summed E-state index contributed by atoms with van der Waals surface area (Å²) < 4.78 is 7.39. The van der Waals surface area contributed by atoms with Gasteiger partial charge in [-0.2, -0.15) is 5.10 Å². The first-order valence-electron chi connectivity index (χ1n) is 11.3. The maximum absolute atomic E-state index is 13.0. The van der Waals surface area contributed by atoms with Gasteiger partial charge in [-0.15, -0.1) is 0 Å². The minimum Gasteiger partial charge on any atom is -0.496 e. The molecule has 1 aromatic heterocycles. The number of rotatable bonds is 7. The number of amides is 2. The predicted octanol–water partition coefficient (Wildman–Crippen LogP) is 3.07. The van der Waals surface area contributed by atoms with Gasteiger partial charge in [0.15, 0.2) is 0 Å². The molecule has 1 saturated heterocycles. The number of aryl methyl sites for hydroxylation is 2. The van der Waals surface area contributed by atoms with Gasteiger partial charge in [-0.25, -0.2) is 0 Å². The second kappa shape index (κ2) is 10.3. The molecule has 4 rings (SSSR count). The summed E-state index contributed by atoms with van der Waals surface area (Å²) in [7, 11) is 1.66. The zero-order chi connectivity index (χ0) is 23.2. The van der Waals surface area contributed by atoms with Crippen molar-refractivity contribution in [1.29, 1.82) is 0 Å². The molecule has 0 bridgehead atoms. The molecular weight excluding hydrogens is 416 g/mol. The molecule has 7 nitrogen and oxygen atoms in total. The lowest BCUT2D eigenvalue weighted by atomic mass is 9.91. The maximum atomic E-state index is 13.0. The molecule has 33 heavy (non-hydrogen) atoms. The van der Waals surface area contributed by atoms with Crippen molar-refractivity contribution in [2.45, 2.75) is 26.3 Å². The number of aromatic nitrogens is 2. The molecule has 7 heteroatoms. The monoisotopic (exact) mass is 446 g/mol. The first kappa shape index (κ1) is 22.6. The number of carbonyl (C=O) groups is 2. The number of ether oxygens (including phenoxy) is 1. The summed E-state index contributed by atoms with van der Waals surface area (Å²) in [6.45, 7) is 3.91. The normalized spacial score (nSPS) is 16.2. The zero-order valence-electron chi connectivity index (χ0n) is 19.2. The lowest BCUT2D eigenvalue weighted by Crippen LogP contribution is -2.37. The molecule has 0 aliphatic carbocycles. The van der Waals surface area contributed by atoms with Crippen molar-refractivity contribution >= 4 is 11.8 Å². The fourth-order valence-corrected chi connectivity index (χ4v) is 4.37. The van der Waals surface area contributed by atoms with E-state index in [1.165, 1.54) is 0 Å². The van der Waals surface area contributed by atoms with E-state index in [9.17, 15) is 9.59 Å². The Morgan fingerprint density at radius 1 is 1.12 bits per heavy atom. The van der Waals surface area contributed by atoms with E-state index in [0.29, 0.717) is 39.0 Å². The molecule has 172 valence electrons. The second-order valence-corrected chi connectivity index (χ2v) is 8.33. The van der Waals surface area contributed by atoms with Gasteiger partial charge in [-0.05, 0) is 36.6 Å². The Morgan fingerprint density at radius 2 is 1.88 bits per heavy atom. The Labute approximate surface area is 194 Å². The number of methoxy groups -OCH3 is 1. The molecule has 0 saturated carbocycles. The standard InChI is InChI=1S/C26H30N4O3/c1-19-11-13-28-30(19)15-12-25(31)29-16-14-27-26(32)21(18-29)17-20-7-3-4-8-22(20)23-9-5-6-10-24(23)33-2/h3-11,13,21H,12,14-18H2,1-2H3,(H,27,32)/t21-/m1/s1. The quantitative estimate of drug-likeness (QED) is 0.605. The predicted molar refractivity (Wildman–Crippen MR) is 127 cm³/mol. The highest BCUT2D eigenvalue weighted by Crippen LogP contribution is 2.33. The number of benzene rings is 2. The molecule has 0 radical (unpaired) electrons. The Balaban J connectivity index is 1.51. The highest BCUT2D eigenvalue weighted by molar-refractivity contribution is 5.83. The van der Waals surface area contributed by atoms with Gasteiger partial charge in [-0.3, -0.25) is 14.3 Å². The first-order chi connectivity index (χ1) is 16.1. The molecular formula is C26H30N4O3. The van der Waals surface area contributed by atoms with Crippen molar-refractivity contribution in [3.8, 4) is 16.9 Å². The fraction of sp³-hybridized carbons (Fsp3) is 0.346. The Kier molecular flexibility index (Phi) is 7.07. The van der Waals surface area contributed by atoms with Crippen LogP contribution in [0.4, 0.5) is 0 Å². The minimum absolute atomic E-state index is 0.0111. The highest BCUT2D eigenvalue weighted by atomic mass is 16.5. The number of hydrogen-bond acceptors (Lipinski definition) is 4. The van der Waals surface area contributed by atoms with Crippen LogP contribution in [0, 0.1) is 12.8 Å². The molecule has 2 amide bonds. The van der Waals surface area contributed by atoms with Gasteiger partial charge in [0, 0.05) is 50.1 Å². The highest BCUT2D eigenvalue weighted by Gasteiger charge is 2.28. The molecule has 0 spiro atoms. The van der Waals surface area contributed by atoms with E-state index < -0.39 is 0 Å². The smallest absolute Gasteiger partial charge is 0.225 e. The molecule has 1 atom stereocenters. The lowest BCUT2D eigenvalue weighted by molar-refractivity contribution is -0.132. The van der Waals surface area contributed by atoms with Crippen LogP contribution in [-0.2, 0) is 22.6 Å². The van der Waals surface area contributed by atoms with Crippen LogP contribution in [0.2, 0.25) is 0 Å². The Bertz CT molecular complexity index is 1120. The topological polar surface area (TPSA) is 76.5 Å². The van der Waals surface area contributed by atoms with Crippen molar-refractivity contribution in [2.24, 2.45) is 5.92 Å². The largest absolute Gasteiger partial charge is 0.496 e. The van der Waals surface area contributed by atoms with Crippen molar-refractivity contribution in [1.82, 2.24) is 20.0 Å². The minimum atomic E-state index is -0.321. The SMILES string of the molecule is COc1ccccc1-c1ccccc1C[C@@H]1CN(C(=O)CCn2nccc2C)CCNC1=O. The van der Waals surface area contributed by atoms with Crippen molar-refractivity contribution in [3.63, 3.8) is 0 Å². The van der Waals surface area contributed by atoms with E-state index in [2.05, 4.69) is 16.5 Å². The van der Waals surface area contributed by atoms with E-state index in [4.69, 9.17) is 4.74 Å². The van der Waals surface area contributed by atoms with E-state index in [1.54, 1.807) is 13.3 Å². The molecule has 1 aliphatic rings. The third-order valence-corrected chi connectivity index (χ3v) is 6.19. The summed E-state index contributed by atoms with van der Waals surface area (Å²) in [4.78, 5) is 27.6. The molecule has 3 aromatic rings. The summed E-state index contributed by atoms with van der Waals surface area (Å²) in [5.41, 5.74) is 4.12. The fourth-order valence-electron chi connectivity index (χ4n) is 4.37. The third-order valence-electron chi connectivity index (χ3n) is 6.19. The zero-order valence-corrected chi connectivity index (χ0v) is 19.2. The average molecular weight is 447 g/mol. The van der Waals surface area contributed by atoms with Gasteiger partial charge < -0.3 is 15.0 Å². The van der Waals surface area contributed by atoms with Gasteiger partial charge >= 0.3 is 0 Å². The van der Waals surface area contributed by atoms with Crippen LogP contribution >= 0.6 is 0 Å². The van der Waals surface area contributed by atoms with Gasteiger partial charge in [0.2, 0.25) is 11.8 Å². The molecule has 1 fully saturated rings. The van der Waals surface area contributed by atoms with Crippen LogP contribution in [0.3, 0.4) is 0 Å². The number of hydrogen-bond donors (Lipinski definition) is 1. The van der Waals surface area contributed by atoms with Crippen LogP contribution < -0.4 is 10.1 Å². The van der Waals surface area contributed by atoms with Crippen LogP contribution in [0.25, 0.3) is 11.1 Å². The molecule has 1 aliphatic heterocycles. The maximum Gasteiger partial charge on any atom is 0.225 e. The summed E-state index contributed by atoms with van der Waals surface area (Å²) in [5.74, 6) is 0.507. The van der Waals surface area contributed by atoms with Gasteiger partial charge in [0.05, 0.1) is 13.0 Å². The second-order valence-electron chi connectivity index (χ2n) is 8.33. The third kappa shape index (κ3) is 5.25. The number of nitrogens with zero attached hydrogens (tertiary/aromatic N) is 3. The van der Waals surface area contributed by atoms with E-state index >= 15 is 0 Å². The van der Waals surface area contributed by atoms with Gasteiger partial charge in [0.1, 0.15) is 5.75 Å². The van der Waals surface area contributed by atoms with Crippen molar-refractivity contribution in [3.05, 3.63) is 72.1 Å². The lowest BCUT2D eigenvalue weighted by Gasteiger charge is -2.24. The van der Waals surface area contributed by atoms with E-state index in [-0.39, 0.29) is 17.7 Å². The molecule has 2 heterocycles. The first-order valence-corrected chi connectivity index (χ1v) is 11.3. The number of nitrogens with one attached hydrogen (secondary N) is 1. The van der Waals surface area contributed by atoms with Crippen LogP contribution in [-0.4, -0.2) is 53.2 Å². The molecule has 1 N–H and O–H groups in total. The summed E-state index contributed by atoms with van der Waals surface area (Å²) in [5, 5.41) is 7.24. The van der Waals surface area contributed by atoms with Crippen molar-refractivity contribution < 1.29 is 14.3 Å². The summed E-state index contributed by atoms with van der Waals surface area (Å²) in [6, 6.07) is 17.9. The van der Waals surface area contributed by atoms with Crippen LogP contribution in [0.5, 0.6) is 5.75 Å². The van der Waals surface area contributed by atoms with E-state index in [1.807, 2.05) is 65.0 Å². The molecule has 0 unspecified atom stereocenters. The summed E-state index contributed by atoms with van der Waals surface area (Å²) >= 11 is 0. The summed E-state index contributed by atoms with van der Waals surface area (Å²) in [6.07, 6.45) is 2.65. The van der Waals surface area contributed by atoms with Gasteiger partial charge in [-0.1, -0.05) is 42.5 Å². The average Bonchev–Trinajstić information content (AvgIpc) is 3.16. The number of carbonyl (C=O) groups excluding carboxylic acids is 2.